The van der Waals surface area contributed by atoms with E-state index in [2.05, 4.69) is 25.5 Å². The van der Waals surface area contributed by atoms with E-state index in [-0.39, 0.29) is 18.2 Å². The van der Waals surface area contributed by atoms with Crippen LogP contribution in [0.4, 0.5) is 10.2 Å². The monoisotopic (exact) mass is 489 g/mol. The minimum Gasteiger partial charge on any atom is -0.490 e. The highest BCUT2D eigenvalue weighted by atomic mass is 19.1. The van der Waals surface area contributed by atoms with E-state index < -0.39 is 17.3 Å². The van der Waals surface area contributed by atoms with Gasteiger partial charge >= 0.3 is 0 Å². The first kappa shape index (κ1) is 25.0. The van der Waals surface area contributed by atoms with Gasteiger partial charge in [0, 0.05) is 11.8 Å². The van der Waals surface area contributed by atoms with Crippen molar-refractivity contribution in [1.29, 1.82) is 0 Å². The van der Waals surface area contributed by atoms with E-state index >= 15 is 0 Å². The molecule has 0 aliphatic heterocycles. The summed E-state index contributed by atoms with van der Waals surface area (Å²) in [5.41, 5.74) is 2.19. The van der Waals surface area contributed by atoms with Crippen molar-refractivity contribution in [3.8, 4) is 28.3 Å². The molecule has 0 saturated heterocycles. The van der Waals surface area contributed by atoms with Crippen LogP contribution in [-0.4, -0.2) is 43.4 Å². The number of pyridine rings is 1. The number of hydrogen-bond acceptors (Lipinski definition) is 6. The Morgan fingerprint density at radius 2 is 1.92 bits per heavy atom. The van der Waals surface area contributed by atoms with E-state index in [1.54, 1.807) is 45.2 Å². The Balaban J connectivity index is 1.48. The van der Waals surface area contributed by atoms with E-state index in [4.69, 9.17) is 4.74 Å². The van der Waals surface area contributed by atoms with Crippen LogP contribution in [0.25, 0.3) is 22.5 Å². The predicted octanol–water partition coefficient (Wildman–Crippen LogP) is 5.16. The normalized spacial score (nSPS) is 11.4. The number of aryl methyl sites for hydroxylation is 1. The topological polar surface area (TPSA) is 113 Å². The molecule has 0 unspecified atom stereocenters. The molecular formula is C27H28FN5O3. The molecule has 36 heavy (non-hydrogen) atoms. The molecular weight excluding hydrogens is 461 g/mol. The Morgan fingerprint density at radius 1 is 1.14 bits per heavy atom. The molecule has 2 aromatic heterocycles. The fourth-order valence-electron chi connectivity index (χ4n) is 3.68. The van der Waals surface area contributed by atoms with Crippen LogP contribution >= 0.6 is 0 Å². The predicted molar refractivity (Wildman–Crippen MR) is 135 cm³/mol. The van der Waals surface area contributed by atoms with Crippen molar-refractivity contribution in [2.45, 2.75) is 39.2 Å². The summed E-state index contributed by atoms with van der Waals surface area (Å²) in [5.74, 6) is -0.0294. The van der Waals surface area contributed by atoms with E-state index in [0.717, 1.165) is 16.7 Å². The number of carbonyl (C=O) groups is 1. The van der Waals surface area contributed by atoms with E-state index in [0.29, 0.717) is 30.0 Å². The first-order valence-corrected chi connectivity index (χ1v) is 11.6. The van der Waals surface area contributed by atoms with Crippen molar-refractivity contribution in [1.82, 2.24) is 20.2 Å². The largest absolute Gasteiger partial charge is 0.490 e. The number of hydrogen-bond donors (Lipinski definition) is 3. The Hall–Kier alpha value is -4.11. The molecule has 2 heterocycles. The quantitative estimate of drug-likeness (QED) is 0.280. The van der Waals surface area contributed by atoms with Crippen LogP contribution in [0, 0.1) is 12.7 Å². The van der Waals surface area contributed by atoms with Gasteiger partial charge in [0.25, 0.3) is 5.91 Å². The van der Waals surface area contributed by atoms with Gasteiger partial charge in [-0.05, 0) is 74.6 Å². The highest BCUT2D eigenvalue weighted by Crippen LogP contribution is 2.31. The Kier molecular flexibility index (Phi) is 7.40. The molecule has 2 aromatic carbocycles. The second kappa shape index (κ2) is 10.7. The molecule has 0 bridgehead atoms. The van der Waals surface area contributed by atoms with E-state index in [1.165, 1.54) is 6.07 Å². The molecule has 0 atom stereocenters. The number of amides is 1. The summed E-state index contributed by atoms with van der Waals surface area (Å²) in [6.45, 7) is 5.53. The number of halogens is 1. The molecule has 0 fully saturated rings. The summed E-state index contributed by atoms with van der Waals surface area (Å²) in [6.07, 6.45) is 2.69. The van der Waals surface area contributed by atoms with Gasteiger partial charge in [-0.1, -0.05) is 30.3 Å². The van der Waals surface area contributed by atoms with Crippen LogP contribution in [0.1, 0.15) is 42.9 Å². The van der Waals surface area contributed by atoms with Crippen LogP contribution in [0.15, 0.2) is 60.8 Å². The number of rotatable bonds is 9. The lowest BCUT2D eigenvalue weighted by Gasteiger charge is -2.17. The molecule has 0 aliphatic rings. The molecule has 0 saturated carbocycles. The zero-order valence-electron chi connectivity index (χ0n) is 20.4. The van der Waals surface area contributed by atoms with Crippen LogP contribution in [-0.2, 0) is 0 Å². The van der Waals surface area contributed by atoms with Gasteiger partial charge in [0.15, 0.2) is 17.4 Å². The summed E-state index contributed by atoms with van der Waals surface area (Å²) in [5, 5.41) is 19.3. The summed E-state index contributed by atoms with van der Waals surface area (Å²) in [4.78, 5) is 21.2. The molecule has 4 rings (SSSR count). The van der Waals surface area contributed by atoms with Crippen LogP contribution < -0.4 is 10.1 Å². The number of nitrogens with one attached hydrogen (secondary N) is 2. The Labute approximate surface area is 208 Å². The van der Waals surface area contributed by atoms with E-state index in [1.807, 2.05) is 30.3 Å². The maximum atomic E-state index is 14.5. The first-order chi connectivity index (χ1) is 17.2. The van der Waals surface area contributed by atoms with Crippen molar-refractivity contribution >= 4 is 11.7 Å². The molecule has 0 aliphatic carbocycles. The number of ether oxygens (including phenoxy) is 1. The number of benzene rings is 2. The smallest absolute Gasteiger partial charge is 0.294 e. The highest BCUT2D eigenvalue weighted by molar-refractivity contribution is 6.01. The third-order valence-corrected chi connectivity index (χ3v) is 5.51. The molecule has 0 radical (unpaired) electrons. The number of carbonyl (C=O) groups excluding carboxylic acids is 1. The SMILES string of the molecule is Cc1cc(F)c(OCCCC(C)(C)O)cc1-c1ccnc(NC(=O)c2nc(-c3ccccc3)n[nH]2)c1. The zero-order valence-corrected chi connectivity index (χ0v) is 20.4. The number of anilines is 1. The number of nitrogens with zero attached hydrogens (tertiary/aromatic N) is 3. The van der Waals surface area contributed by atoms with Gasteiger partial charge in [-0.25, -0.2) is 14.4 Å². The maximum absolute atomic E-state index is 14.5. The summed E-state index contributed by atoms with van der Waals surface area (Å²) in [6, 6.07) is 15.9. The van der Waals surface area contributed by atoms with Crippen molar-refractivity contribution < 1.29 is 19.0 Å². The third kappa shape index (κ3) is 6.31. The van der Waals surface area contributed by atoms with Crippen molar-refractivity contribution in [3.63, 3.8) is 0 Å². The van der Waals surface area contributed by atoms with Gasteiger partial charge in [-0.3, -0.25) is 9.89 Å². The third-order valence-electron chi connectivity index (χ3n) is 5.51. The fourth-order valence-corrected chi connectivity index (χ4v) is 3.68. The second-order valence-electron chi connectivity index (χ2n) is 9.12. The van der Waals surface area contributed by atoms with E-state index in [9.17, 15) is 14.3 Å². The van der Waals surface area contributed by atoms with Crippen molar-refractivity contribution in [2.75, 3.05) is 11.9 Å². The molecule has 186 valence electrons. The van der Waals surface area contributed by atoms with Gasteiger partial charge in [-0.15, -0.1) is 0 Å². The second-order valence-corrected chi connectivity index (χ2v) is 9.12. The van der Waals surface area contributed by atoms with Crippen LogP contribution in [0.3, 0.4) is 0 Å². The Morgan fingerprint density at radius 3 is 2.67 bits per heavy atom. The standard InChI is InChI=1S/C27H28FN5O3/c1-17-14-21(28)22(36-13-7-11-27(2,3)35)16-20(17)19-10-12-29-23(15-19)30-26(34)25-31-24(32-33-25)18-8-5-4-6-9-18/h4-6,8-10,12,14-16,35H,7,11,13H2,1-3H3,(H,29,30,34)(H,31,32,33). The summed E-state index contributed by atoms with van der Waals surface area (Å²) < 4.78 is 20.2. The lowest BCUT2D eigenvalue weighted by Crippen LogP contribution is -2.19. The van der Waals surface area contributed by atoms with Gasteiger partial charge in [0.05, 0.1) is 12.2 Å². The minimum atomic E-state index is -0.799. The molecule has 4 aromatic rings. The number of aromatic nitrogens is 4. The number of H-pyrrole nitrogens is 1. The van der Waals surface area contributed by atoms with Gasteiger partial charge in [0.2, 0.25) is 5.82 Å². The number of aromatic amines is 1. The van der Waals surface area contributed by atoms with Crippen molar-refractivity contribution in [2.24, 2.45) is 0 Å². The average molecular weight is 490 g/mol. The lowest BCUT2D eigenvalue weighted by atomic mass is 10.0. The maximum Gasteiger partial charge on any atom is 0.294 e. The van der Waals surface area contributed by atoms with Crippen LogP contribution in [0.2, 0.25) is 0 Å². The molecule has 1 amide bonds. The zero-order chi connectivity index (χ0) is 25.7. The fraction of sp³-hybridized carbons (Fsp3) is 0.259. The molecule has 8 nitrogen and oxygen atoms in total. The molecule has 9 heteroatoms. The van der Waals surface area contributed by atoms with Gasteiger partial charge < -0.3 is 15.2 Å². The highest BCUT2D eigenvalue weighted by Gasteiger charge is 2.16. The average Bonchev–Trinajstić information content (AvgIpc) is 3.34. The first-order valence-electron chi connectivity index (χ1n) is 11.6. The van der Waals surface area contributed by atoms with Gasteiger partial charge in [0.1, 0.15) is 5.82 Å². The molecule has 0 spiro atoms. The van der Waals surface area contributed by atoms with Gasteiger partial charge in [-0.2, -0.15) is 5.10 Å². The number of aliphatic hydroxyl groups is 1. The summed E-state index contributed by atoms with van der Waals surface area (Å²) in [7, 11) is 0. The summed E-state index contributed by atoms with van der Waals surface area (Å²) >= 11 is 0. The minimum absolute atomic E-state index is 0.0563. The Bertz CT molecular complexity index is 1350. The van der Waals surface area contributed by atoms with Crippen molar-refractivity contribution in [3.05, 3.63) is 78.0 Å². The molecule has 3 N–H and O–H groups in total. The lowest BCUT2D eigenvalue weighted by molar-refractivity contribution is 0.0639. The van der Waals surface area contributed by atoms with Crippen LogP contribution in [0.5, 0.6) is 5.75 Å².